The Hall–Kier alpha value is -3.72. The van der Waals surface area contributed by atoms with E-state index < -0.39 is 11.6 Å². The summed E-state index contributed by atoms with van der Waals surface area (Å²) in [5.41, 5.74) is 3.44. The Labute approximate surface area is 203 Å². The van der Waals surface area contributed by atoms with Gasteiger partial charge in [0.2, 0.25) is 5.82 Å². The van der Waals surface area contributed by atoms with Crippen molar-refractivity contribution in [1.82, 2.24) is 19.4 Å². The van der Waals surface area contributed by atoms with E-state index in [0.717, 1.165) is 49.6 Å². The minimum Gasteiger partial charge on any atom is -0.433 e. The number of rotatable bonds is 6. The van der Waals surface area contributed by atoms with Crippen LogP contribution in [-0.4, -0.2) is 52.2 Å². The number of aryl methyl sites for hydroxylation is 2. The van der Waals surface area contributed by atoms with Crippen LogP contribution < -0.4 is 15.0 Å². The number of ether oxygens (including phenoxy) is 1. The number of nitrogens with one attached hydrogen (secondary N) is 1. The normalized spacial score (nSPS) is 14.5. The van der Waals surface area contributed by atoms with Crippen LogP contribution in [0.2, 0.25) is 0 Å². The molecule has 0 atom stereocenters. The predicted octanol–water partition coefficient (Wildman–Crippen LogP) is 5.23. The fourth-order valence-electron chi connectivity index (χ4n) is 4.40. The Kier molecular flexibility index (Phi) is 6.25. The minimum absolute atomic E-state index is 0.0450. The summed E-state index contributed by atoms with van der Waals surface area (Å²) in [7, 11) is 1.86. The summed E-state index contributed by atoms with van der Waals surface area (Å²) in [5.74, 6) is -1.85. The van der Waals surface area contributed by atoms with Crippen LogP contribution in [0.3, 0.4) is 0 Å². The highest BCUT2D eigenvalue weighted by Crippen LogP contribution is 2.33. The first kappa shape index (κ1) is 23.0. The Morgan fingerprint density at radius 3 is 2.43 bits per heavy atom. The molecule has 0 aliphatic carbocycles. The maximum Gasteiger partial charge on any atom is 0.261 e. The molecule has 5 rings (SSSR count). The standard InChI is InChI=1S/C26H28F2N6O/c1-4-33-11-13-34(14-12-33)19-7-5-18(6-8-19)31-25-24(28)26(30-16-29-25)35-22-10-9-21-20(23(22)27)15-17(2)32(21)3/h5-10,15-16H,4,11-14H2,1-3H3,(H,29,30,31). The fraction of sp³-hybridized carbons (Fsp3) is 0.308. The van der Waals surface area contributed by atoms with E-state index in [2.05, 4.69) is 32.0 Å². The largest absolute Gasteiger partial charge is 0.433 e. The molecule has 2 aromatic heterocycles. The van der Waals surface area contributed by atoms with E-state index in [1.54, 1.807) is 12.1 Å². The van der Waals surface area contributed by atoms with Gasteiger partial charge in [-0.15, -0.1) is 0 Å². The van der Waals surface area contributed by atoms with Crippen LogP contribution >= 0.6 is 0 Å². The molecule has 9 heteroatoms. The average molecular weight is 479 g/mol. The lowest BCUT2D eigenvalue weighted by atomic mass is 10.2. The second-order valence-electron chi connectivity index (χ2n) is 8.69. The molecule has 0 radical (unpaired) electrons. The zero-order valence-corrected chi connectivity index (χ0v) is 20.1. The third-order valence-electron chi connectivity index (χ3n) is 6.64. The van der Waals surface area contributed by atoms with E-state index in [1.165, 1.54) is 12.4 Å². The summed E-state index contributed by atoms with van der Waals surface area (Å²) in [6.45, 7) is 9.18. The highest BCUT2D eigenvalue weighted by molar-refractivity contribution is 5.83. The smallest absolute Gasteiger partial charge is 0.261 e. The molecular formula is C26H28F2N6O. The lowest BCUT2D eigenvalue weighted by Crippen LogP contribution is -2.46. The molecule has 0 unspecified atom stereocenters. The van der Waals surface area contributed by atoms with Gasteiger partial charge in [-0.2, -0.15) is 9.37 Å². The van der Waals surface area contributed by atoms with Crippen molar-refractivity contribution >= 4 is 28.1 Å². The molecule has 1 saturated heterocycles. The molecule has 0 saturated carbocycles. The lowest BCUT2D eigenvalue weighted by Gasteiger charge is -2.35. The van der Waals surface area contributed by atoms with Gasteiger partial charge < -0.3 is 24.4 Å². The van der Waals surface area contributed by atoms with Gasteiger partial charge in [0.05, 0.1) is 5.52 Å². The Morgan fingerprint density at radius 2 is 1.71 bits per heavy atom. The van der Waals surface area contributed by atoms with Crippen molar-refractivity contribution in [1.29, 1.82) is 0 Å². The predicted molar refractivity (Wildman–Crippen MR) is 134 cm³/mol. The SMILES string of the molecule is CCN1CCN(c2ccc(Nc3ncnc(Oc4ccc5c(cc(C)n5C)c4F)c3F)cc2)CC1. The number of anilines is 3. The van der Waals surface area contributed by atoms with Crippen molar-refractivity contribution in [2.45, 2.75) is 13.8 Å². The van der Waals surface area contributed by atoms with Gasteiger partial charge in [0.25, 0.3) is 5.88 Å². The summed E-state index contributed by atoms with van der Waals surface area (Å²) in [5, 5.41) is 3.38. The molecule has 182 valence electrons. The number of halogens is 2. The van der Waals surface area contributed by atoms with Gasteiger partial charge in [-0.1, -0.05) is 6.92 Å². The van der Waals surface area contributed by atoms with Crippen LogP contribution in [0.15, 0.2) is 48.8 Å². The number of nitrogens with zero attached hydrogens (tertiary/aromatic N) is 5. The van der Waals surface area contributed by atoms with Crippen LogP contribution in [0, 0.1) is 18.6 Å². The van der Waals surface area contributed by atoms with Gasteiger partial charge >= 0.3 is 0 Å². The first-order valence-electron chi connectivity index (χ1n) is 11.7. The number of fused-ring (bicyclic) bond motifs is 1. The molecule has 0 amide bonds. The van der Waals surface area contributed by atoms with Crippen molar-refractivity contribution < 1.29 is 13.5 Å². The maximum absolute atomic E-state index is 15.1. The third-order valence-corrected chi connectivity index (χ3v) is 6.64. The molecule has 35 heavy (non-hydrogen) atoms. The maximum atomic E-state index is 15.1. The third kappa shape index (κ3) is 4.51. The monoisotopic (exact) mass is 478 g/mol. The van der Waals surface area contributed by atoms with Crippen molar-refractivity contribution in [2.75, 3.05) is 42.9 Å². The molecule has 1 aliphatic heterocycles. The molecule has 2 aromatic carbocycles. The van der Waals surface area contributed by atoms with Crippen molar-refractivity contribution in [3.05, 3.63) is 66.1 Å². The van der Waals surface area contributed by atoms with Crippen LogP contribution in [0.5, 0.6) is 11.6 Å². The zero-order chi connectivity index (χ0) is 24.5. The molecule has 4 aromatic rings. The van der Waals surface area contributed by atoms with Crippen LogP contribution in [-0.2, 0) is 7.05 Å². The number of piperazine rings is 1. The van der Waals surface area contributed by atoms with E-state index >= 15 is 8.78 Å². The molecule has 0 bridgehead atoms. The second kappa shape index (κ2) is 9.50. The number of hydrogen-bond acceptors (Lipinski definition) is 6. The van der Waals surface area contributed by atoms with Crippen molar-refractivity contribution in [2.24, 2.45) is 7.05 Å². The Morgan fingerprint density at radius 1 is 0.971 bits per heavy atom. The lowest BCUT2D eigenvalue weighted by molar-refractivity contribution is 0.271. The first-order chi connectivity index (χ1) is 16.9. The number of hydrogen-bond donors (Lipinski definition) is 1. The Bertz CT molecular complexity index is 1350. The number of aromatic nitrogens is 3. The molecular weight excluding hydrogens is 450 g/mol. The van der Waals surface area contributed by atoms with Gasteiger partial charge in [0, 0.05) is 55.7 Å². The van der Waals surface area contributed by atoms with E-state index in [4.69, 9.17) is 4.74 Å². The number of benzene rings is 2. The number of likely N-dealkylation sites (N-methyl/N-ethyl adjacent to an activating group) is 1. The molecule has 1 fully saturated rings. The van der Waals surface area contributed by atoms with Gasteiger partial charge in [-0.25, -0.2) is 9.37 Å². The minimum atomic E-state index is -0.795. The van der Waals surface area contributed by atoms with Gasteiger partial charge in [0.1, 0.15) is 6.33 Å². The van der Waals surface area contributed by atoms with Crippen LogP contribution in [0.1, 0.15) is 12.6 Å². The molecule has 1 N–H and O–H groups in total. The highest BCUT2D eigenvalue weighted by atomic mass is 19.1. The summed E-state index contributed by atoms with van der Waals surface area (Å²) in [4.78, 5) is 12.6. The highest BCUT2D eigenvalue weighted by Gasteiger charge is 2.19. The van der Waals surface area contributed by atoms with Gasteiger partial charge in [-0.3, -0.25) is 0 Å². The van der Waals surface area contributed by atoms with Gasteiger partial charge in [0.15, 0.2) is 17.4 Å². The van der Waals surface area contributed by atoms with E-state index in [9.17, 15) is 0 Å². The summed E-state index contributed by atoms with van der Waals surface area (Å²) in [6, 6.07) is 12.7. The zero-order valence-electron chi connectivity index (χ0n) is 20.1. The van der Waals surface area contributed by atoms with E-state index in [-0.39, 0.29) is 17.4 Å². The van der Waals surface area contributed by atoms with Gasteiger partial charge in [-0.05, 0) is 55.9 Å². The van der Waals surface area contributed by atoms with Crippen LogP contribution in [0.25, 0.3) is 10.9 Å². The summed E-state index contributed by atoms with van der Waals surface area (Å²) < 4.78 is 37.6. The van der Waals surface area contributed by atoms with Crippen molar-refractivity contribution in [3.63, 3.8) is 0 Å². The topological polar surface area (TPSA) is 58.4 Å². The van der Waals surface area contributed by atoms with Crippen molar-refractivity contribution in [3.8, 4) is 11.6 Å². The van der Waals surface area contributed by atoms with E-state index in [0.29, 0.717) is 11.1 Å². The first-order valence-corrected chi connectivity index (χ1v) is 11.7. The molecule has 3 heterocycles. The summed E-state index contributed by atoms with van der Waals surface area (Å²) in [6.07, 6.45) is 1.19. The van der Waals surface area contributed by atoms with Crippen LogP contribution in [0.4, 0.5) is 26.0 Å². The van der Waals surface area contributed by atoms with E-state index in [1.807, 2.05) is 42.8 Å². The molecule has 7 nitrogen and oxygen atoms in total. The summed E-state index contributed by atoms with van der Waals surface area (Å²) >= 11 is 0. The average Bonchev–Trinajstić information content (AvgIpc) is 3.18. The molecule has 0 spiro atoms. The Balaban J connectivity index is 1.32. The quantitative estimate of drug-likeness (QED) is 0.409. The fourth-order valence-corrected chi connectivity index (χ4v) is 4.40. The molecule has 1 aliphatic rings. The second-order valence-corrected chi connectivity index (χ2v) is 8.69.